The van der Waals surface area contributed by atoms with Crippen LogP contribution in [-0.4, -0.2) is 0 Å². The monoisotopic (exact) mass is 197 g/mol. The lowest BCUT2D eigenvalue weighted by Crippen LogP contribution is -2.01. The molecule has 2 N–H and O–H groups in total. The third-order valence-corrected chi connectivity index (χ3v) is 2.60. The van der Waals surface area contributed by atoms with Crippen LogP contribution in [0.25, 0.3) is 0 Å². The van der Waals surface area contributed by atoms with Gasteiger partial charge in [-0.05, 0) is 42.0 Å². The van der Waals surface area contributed by atoms with E-state index < -0.39 is 0 Å². The van der Waals surface area contributed by atoms with Gasteiger partial charge in [-0.15, -0.1) is 0 Å². The van der Waals surface area contributed by atoms with Gasteiger partial charge in [0, 0.05) is 5.02 Å². The number of hydrogen-bond donors (Lipinski definition) is 1. The van der Waals surface area contributed by atoms with Crippen LogP contribution in [0.3, 0.4) is 0 Å². The largest absolute Gasteiger partial charge is 0.300 e. The summed E-state index contributed by atoms with van der Waals surface area (Å²) in [5, 5.41) is 0.747. The highest BCUT2D eigenvalue weighted by atomic mass is 35.5. The Morgan fingerprint density at radius 1 is 1.46 bits per heavy atom. The minimum absolute atomic E-state index is 0.451. The van der Waals surface area contributed by atoms with Crippen molar-refractivity contribution in [1.82, 2.24) is 0 Å². The number of hydrogen-bond acceptors (Lipinski definition) is 2. The zero-order chi connectivity index (χ0) is 9.26. The molecule has 2 rings (SSSR count). The average molecular weight is 198 g/mol. The van der Waals surface area contributed by atoms with Crippen LogP contribution in [0.5, 0.6) is 0 Å². The third kappa shape index (κ3) is 2.02. The SMILES string of the molecule is NOCc1cc(Cl)ccc1C1CC1. The van der Waals surface area contributed by atoms with Crippen LogP contribution in [0.15, 0.2) is 18.2 Å². The molecule has 13 heavy (non-hydrogen) atoms. The van der Waals surface area contributed by atoms with Crippen molar-refractivity contribution in [3.05, 3.63) is 34.3 Å². The van der Waals surface area contributed by atoms with Crippen molar-refractivity contribution in [2.45, 2.75) is 25.4 Å². The van der Waals surface area contributed by atoms with E-state index in [1.165, 1.54) is 18.4 Å². The molecule has 0 unspecified atom stereocenters. The lowest BCUT2D eigenvalue weighted by molar-refractivity contribution is 0.123. The van der Waals surface area contributed by atoms with E-state index in [0.717, 1.165) is 10.6 Å². The van der Waals surface area contributed by atoms with Crippen molar-refractivity contribution in [3.8, 4) is 0 Å². The first kappa shape index (κ1) is 9.00. The molecule has 1 aromatic carbocycles. The van der Waals surface area contributed by atoms with Gasteiger partial charge in [0.2, 0.25) is 0 Å². The lowest BCUT2D eigenvalue weighted by atomic mass is 10.0. The molecule has 0 amide bonds. The Morgan fingerprint density at radius 3 is 2.85 bits per heavy atom. The summed E-state index contributed by atoms with van der Waals surface area (Å²) in [6, 6.07) is 5.94. The summed E-state index contributed by atoms with van der Waals surface area (Å²) < 4.78 is 0. The predicted octanol–water partition coefficient (Wildman–Crippen LogP) is 2.61. The maximum atomic E-state index is 5.88. The topological polar surface area (TPSA) is 35.2 Å². The minimum atomic E-state index is 0.451. The summed E-state index contributed by atoms with van der Waals surface area (Å²) in [6.45, 7) is 0.451. The van der Waals surface area contributed by atoms with Crippen LogP contribution in [0.4, 0.5) is 0 Å². The second kappa shape index (κ2) is 3.66. The molecule has 0 aliphatic heterocycles. The van der Waals surface area contributed by atoms with Crippen molar-refractivity contribution < 1.29 is 4.84 Å². The fourth-order valence-corrected chi connectivity index (χ4v) is 1.78. The minimum Gasteiger partial charge on any atom is -0.300 e. The molecule has 0 saturated heterocycles. The smallest absolute Gasteiger partial charge is 0.0933 e. The highest BCUT2D eigenvalue weighted by Gasteiger charge is 2.25. The highest BCUT2D eigenvalue weighted by molar-refractivity contribution is 6.30. The summed E-state index contributed by atoms with van der Waals surface area (Å²) >= 11 is 5.88. The molecule has 0 bridgehead atoms. The Labute approximate surface area is 82.6 Å². The molecule has 1 saturated carbocycles. The van der Waals surface area contributed by atoms with Gasteiger partial charge in [-0.25, -0.2) is 5.90 Å². The van der Waals surface area contributed by atoms with E-state index >= 15 is 0 Å². The van der Waals surface area contributed by atoms with Crippen molar-refractivity contribution in [2.75, 3.05) is 0 Å². The average Bonchev–Trinajstić information content (AvgIpc) is 2.88. The normalized spacial score (nSPS) is 16.2. The molecular formula is C10H12ClNO. The number of nitrogens with two attached hydrogens (primary N) is 1. The Bertz CT molecular complexity index is 310. The Balaban J connectivity index is 2.30. The van der Waals surface area contributed by atoms with E-state index in [1.54, 1.807) is 0 Å². The molecule has 0 spiro atoms. The third-order valence-electron chi connectivity index (χ3n) is 2.36. The van der Waals surface area contributed by atoms with Gasteiger partial charge < -0.3 is 0 Å². The van der Waals surface area contributed by atoms with Crippen LogP contribution in [0.1, 0.15) is 29.9 Å². The van der Waals surface area contributed by atoms with Crippen LogP contribution in [0.2, 0.25) is 5.02 Å². The van der Waals surface area contributed by atoms with E-state index in [9.17, 15) is 0 Å². The zero-order valence-electron chi connectivity index (χ0n) is 7.29. The van der Waals surface area contributed by atoms with Gasteiger partial charge in [0.25, 0.3) is 0 Å². The number of rotatable bonds is 3. The fraction of sp³-hybridized carbons (Fsp3) is 0.400. The molecular weight excluding hydrogens is 186 g/mol. The van der Waals surface area contributed by atoms with E-state index in [-0.39, 0.29) is 0 Å². The Hall–Kier alpha value is -0.570. The molecule has 1 fully saturated rings. The molecule has 1 aliphatic carbocycles. The first-order valence-corrected chi connectivity index (χ1v) is 4.79. The molecule has 70 valence electrons. The maximum Gasteiger partial charge on any atom is 0.0933 e. The Kier molecular flexibility index (Phi) is 2.54. The summed E-state index contributed by atoms with van der Waals surface area (Å²) in [4.78, 5) is 4.64. The molecule has 0 aromatic heterocycles. The summed E-state index contributed by atoms with van der Waals surface area (Å²) in [5.41, 5.74) is 2.47. The first-order valence-electron chi connectivity index (χ1n) is 4.41. The first-order chi connectivity index (χ1) is 6.31. The van der Waals surface area contributed by atoms with Gasteiger partial charge in [-0.3, -0.25) is 4.84 Å². The van der Waals surface area contributed by atoms with Gasteiger partial charge in [0.15, 0.2) is 0 Å². The molecule has 0 radical (unpaired) electrons. The molecule has 1 aromatic rings. The van der Waals surface area contributed by atoms with Gasteiger partial charge in [-0.1, -0.05) is 17.7 Å². The van der Waals surface area contributed by atoms with E-state index in [0.29, 0.717) is 12.5 Å². The zero-order valence-corrected chi connectivity index (χ0v) is 8.05. The van der Waals surface area contributed by atoms with Crippen molar-refractivity contribution in [1.29, 1.82) is 0 Å². The summed E-state index contributed by atoms with van der Waals surface area (Å²) in [7, 11) is 0. The molecule has 0 atom stereocenters. The van der Waals surface area contributed by atoms with Gasteiger partial charge in [0.05, 0.1) is 6.61 Å². The van der Waals surface area contributed by atoms with Crippen molar-refractivity contribution in [2.24, 2.45) is 5.90 Å². The summed E-state index contributed by atoms with van der Waals surface area (Å²) in [6.07, 6.45) is 2.55. The van der Waals surface area contributed by atoms with Gasteiger partial charge in [-0.2, -0.15) is 0 Å². The summed E-state index contributed by atoms with van der Waals surface area (Å²) in [5.74, 6) is 5.77. The van der Waals surface area contributed by atoms with E-state index in [4.69, 9.17) is 17.5 Å². The van der Waals surface area contributed by atoms with Crippen LogP contribution in [0, 0.1) is 0 Å². The van der Waals surface area contributed by atoms with Gasteiger partial charge >= 0.3 is 0 Å². The number of benzene rings is 1. The second-order valence-electron chi connectivity index (χ2n) is 3.43. The van der Waals surface area contributed by atoms with Crippen molar-refractivity contribution >= 4 is 11.6 Å². The van der Waals surface area contributed by atoms with Gasteiger partial charge in [0.1, 0.15) is 0 Å². The number of halogens is 1. The fourth-order valence-electron chi connectivity index (χ4n) is 1.58. The molecule has 2 nitrogen and oxygen atoms in total. The lowest BCUT2D eigenvalue weighted by Gasteiger charge is -2.07. The second-order valence-corrected chi connectivity index (χ2v) is 3.86. The quantitative estimate of drug-likeness (QED) is 0.757. The van der Waals surface area contributed by atoms with E-state index in [2.05, 4.69) is 10.9 Å². The molecule has 0 heterocycles. The predicted molar refractivity (Wildman–Crippen MR) is 52.4 cm³/mol. The maximum absolute atomic E-state index is 5.88. The Morgan fingerprint density at radius 2 is 2.23 bits per heavy atom. The van der Waals surface area contributed by atoms with Crippen LogP contribution < -0.4 is 5.90 Å². The van der Waals surface area contributed by atoms with Crippen LogP contribution >= 0.6 is 11.6 Å². The van der Waals surface area contributed by atoms with E-state index in [1.807, 2.05) is 12.1 Å². The van der Waals surface area contributed by atoms with Crippen LogP contribution in [-0.2, 0) is 11.4 Å². The standard InChI is InChI=1S/C10H12ClNO/c11-9-3-4-10(7-1-2-7)8(5-9)6-13-12/h3-5,7H,1-2,6,12H2. The molecule has 1 aliphatic rings. The molecule has 3 heteroatoms. The van der Waals surface area contributed by atoms with Crippen molar-refractivity contribution in [3.63, 3.8) is 0 Å². The highest BCUT2D eigenvalue weighted by Crippen LogP contribution is 2.42.